The maximum atomic E-state index is 12.4. The van der Waals surface area contributed by atoms with Crippen molar-refractivity contribution < 1.29 is 4.79 Å². The summed E-state index contributed by atoms with van der Waals surface area (Å²) in [6.07, 6.45) is 5.18. The van der Waals surface area contributed by atoms with Crippen LogP contribution in [0.25, 0.3) is 10.1 Å². The second-order valence-electron chi connectivity index (χ2n) is 6.30. The molecule has 0 spiro atoms. The van der Waals surface area contributed by atoms with Gasteiger partial charge >= 0.3 is 0 Å². The van der Waals surface area contributed by atoms with E-state index >= 15 is 0 Å². The third kappa shape index (κ3) is 2.30. The summed E-state index contributed by atoms with van der Waals surface area (Å²) in [7, 11) is 0. The normalized spacial score (nSPS) is 19.7. The van der Waals surface area contributed by atoms with E-state index in [1.165, 1.54) is 37.0 Å². The highest BCUT2D eigenvalue weighted by atomic mass is 35.5. The van der Waals surface area contributed by atoms with Crippen molar-refractivity contribution in [3.63, 3.8) is 0 Å². The highest BCUT2D eigenvalue weighted by Gasteiger charge is 2.53. The minimum atomic E-state index is -0.0447. The molecule has 1 amide bonds. The molecule has 3 N–H and O–H groups in total. The molecular weight excluding hydrogens is 304 g/mol. The van der Waals surface area contributed by atoms with Gasteiger partial charge in [-0.05, 0) is 55.2 Å². The summed E-state index contributed by atoms with van der Waals surface area (Å²) in [6, 6.07) is 5.55. The van der Waals surface area contributed by atoms with Crippen molar-refractivity contribution in [1.82, 2.24) is 5.32 Å². The molecule has 4 rings (SSSR count). The van der Waals surface area contributed by atoms with E-state index in [0.717, 1.165) is 22.5 Å². The van der Waals surface area contributed by atoms with Crippen LogP contribution in [-0.2, 0) is 0 Å². The van der Waals surface area contributed by atoms with E-state index in [1.54, 1.807) is 6.07 Å². The van der Waals surface area contributed by atoms with Gasteiger partial charge in [0, 0.05) is 21.7 Å². The Labute approximate surface area is 132 Å². The molecule has 2 aliphatic rings. The van der Waals surface area contributed by atoms with E-state index < -0.39 is 0 Å². The van der Waals surface area contributed by atoms with Crippen molar-refractivity contribution in [3.05, 3.63) is 28.1 Å². The first kappa shape index (κ1) is 13.4. The Kier molecular flexibility index (Phi) is 2.95. The van der Waals surface area contributed by atoms with Crippen molar-refractivity contribution in [2.24, 2.45) is 11.3 Å². The van der Waals surface area contributed by atoms with Crippen molar-refractivity contribution in [2.45, 2.75) is 25.7 Å². The van der Waals surface area contributed by atoms with Crippen LogP contribution in [0.1, 0.15) is 35.4 Å². The van der Waals surface area contributed by atoms with Gasteiger partial charge in [0.2, 0.25) is 0 Å². The van der Waals surface area contributed by atoms with Gasteiger partial charge < -0.3 is 11.1 Å². The molecule has 0 radical (unpaired) electrons. The molecule has 110 valence electrons. The lowest BCUT2D eigenvalue weighted by molar-refractivity contribution is 0.0947. The Bertz CT molecular complexity index is 731. The summed E-state index contributed by atoms with van der Waals surface area (Å²) < 4.78 is 0.966. The molecule has 21 heavy (non-hydrogen) atoms. The zero-order valence-electron chi connectivity index (χ0n) is 11.6. The average Bonchev–Trinajstić information content (AvgIpc) is 3.34. The Hall–Kier alpha value is -1.26. The van der Waals surface area contributed by atoms with Gasteiger partial charge in [-0.25, -0.2) is 0 Å². The maximum Gasteiger partial charge on any atom is 0.263 e. The number of fused-ring (bicyclic) bond motifs is 1. The minimum absolute atomic E-state index is 0.0447. The highest BCUT2D eigenvalue weighted by molar-refractivity contribution is 7.21. The molecular formula is C16H17ClN2OS. The van der Waals surface area contributed by atoms with Gasteiger partial charge in [0.25, 0.3) is 5.91 Å². The molecule has 2 saturated carbocycles. The molecule has 0 saturated heterocycles. The number of nitrogen functional groups attached to an aromatic ring is 1. The van der Waals surface area contributed by atoms with Gasteiger partial charge in [-0.3, -0.25) is 4.79 Å². The third-order valence-corrected chi connectivity index (χ3v) is 6.24. The molecule has 0 aliphatic heterocycles. The average molecular weight is 321 g/mol. The second-order valence-corrected chi connectivity index (χ2v) is 7.79. The van der Waals surface area contributed by atoms with Gasteiger partial charge in [0.15, 0.2) is 0 Å². The molecule has 2 fully saturated rings. The fourth-order valence-electron chi connectivity index (χ4n) is 3.18. The third-order valence-electron chi connectivity index (χ3n) is 4.83. The molecule has 0 atom stereocenters. The van der Waals surface area contributed by atoms with Gasteiger partial charge in [0.1, 0.15) is 4.88 Å². The fraction of sp³-hybridized carbons (Fsp3) is 0.438. The summed E-state index contributed by atoms with van der Waals surface area (Å²) in [5.74, 6) is 0.799. The van der Waals surface area contributed by atoms with Crippen molar-refractivity contribution in [3.8, 4) is 0 Å². The Morgan fingerprint density at radius 1 is 1.43 bits per heavy atom. The van der Waals surface area contributed by atoms with Crippen molar-refractivity contribution >= 4 is 44.6 Å². The van der Waals surface area contributed by atoms with Crippen LogP contribution < -0.4 is 11.1 Å². The monoisotopic (exact) mass is 320 g/mol. The maximum absolute atomic E-state index is 12.4. The predicted molar refractivity (Wildman–Crippen MR) is 88.0 cm³/mol. The second kappa shape index (κ2) is 4.62. The first-order valence-corrected chi connectivity index (χ1v) is 8.54. The number of amides is 1. The number of hydrogen-bond acceptors (Lipinski definition) is 3. The van der Waals surface area contributed by atoms with Crippen molar-refractivity contribution in [2.75, 3.05) is 12.3 Å². The number of nitrogens with two attached hydrogens (primary N) is 1. The van der Waals surface area contributed by atoms with Crippen LogP contribution in [0.5, 0.6) is 0 Å². The molecule has 5 heteroatoms. The molecule has 0 unspecified atom stereocenters. The largest absolute Gasteiger partial charge is 0.397 e. The summed E-state index contributed by atoms with van der Waals surface area (Å²) in [5, 5.41) is 4.68. The molecule has 2 aliphatic carbocycles. The number of carbonyl (C=O) groups excluding carboxylic acids is 1. The molecule has 2 aromatic rings. The van der Waals surface area contributed by atoms with Crippen LogP contribution in [-0.4, -0.2) is 12.5 Å². The van der Waals surface area contributed by atoms with E-state index in [2.05, 4.69) is 5.32 Å². The Balaban J connectivity index is 1.55. The van der Waals surface area contributed by atoms with Crippen LogP contribution >= 0.6 is 22.9 Å². The number of rotatable bonds is 4. The Morgan fingerprint density at radius 3 is 2.86 bits per heavy atom. The molecule has 3 nitrogen and oxygen atoms in total. The first-order valence-electron chi connectivity index (χ1n) is 7.35. The zero-order valence-corrected chi connectivity index (χ0v) is 13.2. The van der Waals surface area contributed by atoms with Crippen LogP contribution in [0.15, 0.2) is 18.2 Å². The van der Waals surface area contributed by atoms with Gasteiger partial charge in [-0.1, -0.05) is 11.6 Å². The van der Waals surface area contributed by atoms with E-state index in [-0.39, 0.29) is 5.91 Å². The number of carbonyl (C=O) groups is 1. The van der Waals surface area contributed by atoms with Crippen LogP contribution in [0.2, 0.25) is 5.02 Å². The van der Waals surface area contributed by atoms with Gasteiger partial charge in [0.05, 0.1) is 5.69 Å². The molecule has 1 aromatic carbocycles. The lowest BCUT2D eigenvalue weighted by atomic mass is 10.0. The van der Waals surface area contributed by atoms with E-state index in [1.807, 2.05) is 12.1 Å². The number of nitrogens with one attached hydrogen (secondary N) is 1. The Morgan fingerprint density at radius 2 is 2.19 bits per heavy atom. The lowest BCUT2D eigenvalue weighted by Crippen LogP contribution is -2.31. The lowest BCUT2D eigenvalue weighted by Gasteiger charge is -2.14. The zero-order chi connectivity index (χ0) is 14.6. The smallest absolute Gasteiger partial charge is 0.263 e. The summed E-state index contributed by atoms with van der Waals surface area (Å²) in [4.78, 5) is 13.0. The quantitative estimate of drug-likeness (QED) is 0.892. The summed E-state index contributed by atoms with van der Waals surface area (Å²) in [6.45, 7) is 0.797. The number of thiophene rings is 1. The van der Waals surface area contributed by atoms with Crippen LogP contribution in [0, 0.1) is 11.3 Å². The summed E-state index contributed by atoms with van der Waals surface area (Å²) >= 11 is 7.42. The minimum Gasteiger partial charge on any atom is -0.397 e. The molecule has 1 heterocycles. The van der Waals surface area contributed by atoms with E-state index in [9.17, 15) is 4.79 Å². The fourth-order valence-corrected chi connectivity index (χ4v) is 4.50. The van der Waals surface area contributed by atoms with Crippen molar-refractivity contribution in [1.29, 1.82) is 0 Å². The molecule has 0 bridgehead atoms. The number of benzene rings is 1. The SMILES string of the molecule is Nc1c(C(=O)NCC2(C3CC3)CC2)sc2cc(Cl)ccc12. The molecule has 1 aromatic heterocycles. The van der Waals surface area contributed by atoms with Gasteiger partial charge in [-0.15, -0.1) is 11.3 Å². The highest BCUT2D eigenvalue weighted by Crippen LogP contribution is 2.60. The van der Waals surface area contributed by atoms with E-state index in [4.69, 9.17) is 17.3 Å². The summed E-state index contributed by atoms with van der Waals surface area (Å²) in [5.41, 5.74) is 7.10. The first-order chi connectivity index (χ1) is 10.1. The van der Waals surface area contributed by atoms with E-state index in [0.29, 0.717) is 21.0 Å². The standard InChI is InChI=1S/C16H17ClN2OS/c17-10-3-4-11-12(7-10)21-14(13(11)18)15(20)19-8-16(5-6-16)9-1-2-9/h3-4,7,9H,1-2,5-6,8,18H2,(H,19,20). The number of halogens is 1. The number of anilines is 1. The number of hydrogen-bond donors (Lipinski definition) is 2. The van der Waals surface area contributed by atoms with Crippen LogP contribution in [0.4, 0.5) is 5.69 Å². The predicted octanol–water partition coefficient (Wildman–Crippen LogP) is 4.06. The topological polar surface area (TPSA) is 55.1 Å². The van der Waals surface area contributed by atoms with Gasteiger partial charge in [-0.2, -0.15) is 0 Å². The van der Waals surface area contributed by atoms with Crippen LogP contribution in [0.3, 0.4) is 0 Å².